The first-order chi connectivity index (χ1) is 20.4. The van der Waals surface area contributed by atoms with Gasteiger partial charge in [0.05, 0.1) is 0 Å². The Morgan fingerprint density at radius 1 is 0.907 bits per heavy atom. The number of carboxylic acids is 1. The number of carboxylic acid groups (broad SMARTS) is 1. The van der Waals surface area contributed by atoms with Crippen molar-refractivity contribution in [1.29, 1.82) is 5.41 Å². The van der Waals surface area contributed by atoms with Crippen molar-refractivity contribution in [3.05, 3.63) is 101 Å². The Morgan fingerprint density at radius 3 is 2.21 bits per heavy atom. The van der Waals surface area contributed by atoms with Crippen LogP contribution in [0.25, 0.3) is 6.08 Å². The van der Waals surface area contributed by atoms with Crippen LogP contribution in [0.4, 0.5) is 8.78 Å². The molecule has 4 aromatic rings. The number of aliphatic carboxylic acids is 1. The second-order valence-corrected chi connectivity index (χ2v) is 9.05. The Bertz CT molecular complexity index is 1740. The Balaban J connectivity index is 1.78. The van der Waals surface area contributed by atoms with Crippen molar-refractivity contribution in [3.63, 3.8) is 0 Å². The Labute approximate surface area is 243 Å². The number of nitrogens with two attached hydrogens (primary N) is 1. The normalized spacial score (nSPS) is 10.8. The molecule has 0 bridgehead atoms. The van der Waals surface area contributed by atoms with Gasteiger partial charge in [-0.1, -0.05) is 18.2 Å². The van der Waals surface area contributed by atoms with Crippen LogP contribution in [0.15, 0.2) is 72.8 Å². The van der Waals surface area contributed by atoms with E-state index in [4.69, 9.17) is 30.5 Å². The highest BCUT2D eigenvalue weighted by Gasteiger charge is 2.27. The van der Waals surface area contributed by atoms with Crippen molar-refractivity contribution >= 4 is 23.8 Å². The van der Waals surface area contributed by atoms with E-state index in [2.05, 4.69) is 4.98 Å². The highest BCUT2D eigenvalue weighted by molar-refractivity contribution is 5.95. The molecule has 0 fully saturated rings. The summed E-state index contributed by atoms with van der Waals surface area (Å²) in [5.74, 6) is -8.10. The summed E-state index contributed by atoms with van der Waals surface area (Å²) in [4.78, 5) is 28.3. The maximum Gasteiger partial charge on any atom is 0.328 e. The summed E-state index contributed by atoms with van der Waals surface area (Å²) in [6, 6.07) is 15.0. The van der Waals surface area contributed by atoms with Crippen molar-refractivity contribution in [2.24, 2.45) is 5.73 Å². The number of aromatic nitrogens is 1. The number of amidine groups is 1. The molecule has 0 aliphatic rings. The fourth-order valence-corrected chi connectivity index (χ4v) is 3.57. The molecule has 0 saturated carbocycles. The zero-order chi connectivity index (χ0) is 31.3. The number of halogens is 2. The van der Waals surface area contributed by atoms with E-state index in [1.807, 2.05) is 0 Å². The number of aromatic hydroxyl groups is 1. The predicted octanol–water partition coefficient (Wildman–Crippen LogP) is 5.53. The number of hydrogen-bond acceptors (Lipinski definition) is 8. The summed E-state index contributed by atoms with van der Waals surface area (Å²) in [6.45, 7) is 0. The average Bonchev–Trinajstić information content (AvgIpc) is 2.97. The Morgan fingerprint density at radius 2 is 1.58 bits per heavy atom. The quantitative estimate of drug-likeness (QED) is 0.105. The van der Waals surface area contributed by atoms with Crippen LogP contribution in [-0.2, 0) is 4.79 Å². The topological polar surface area (TPSA) is 168 Å². The number of nitrogens with zero attached hydrogens (tertiary/aromatic N) is 2. The zero-order valence-electron chi connectivity index (χ0n) is 22.7. The van der Waals surface area contributed by atoms with E-state index in [-0.39, 0.29) is 40.1 Å². The molecule has 0 saturated heterocycles. The van der Waals surface area contributed by atoms with Crippen LogP contribution in [0, 0.1) is 17.0 Å². The number of ether oxygens (including phenoxy) is 3. The SMILES string of the molecule is CN(C)C(=O)c1cccc(Oc2nc(Oc3cc(C(=N)N)ccc3O)c(F)c(Oc3ccc(/C=C/C(=O)O)cc3)c2F)c1. The Kier molecular flexibility index (Phi) is 8.84. The lowest BCUT2D eigenvalue weighted by atomic mass is 10.2. The minimum absolute atomic E-state index is 0.0152. The molecule has 0 spiro atoms. The maximum atomic E-state index is 15.7. The number of benzene rings is 3. The van der Waals surface area contributed by atoms with E-state index in [0.717, 1.165) is 18.2 Å². The first kappa shape index (κ1) is 30.0. The number of hydrogen-bond donors (Lipinski definition) is 4. The van der Waals surface area contributed by atoms with Gasteiger partial charge in [-0.2, -0.15) is 13.8 Å². The molecule has 43 heavy (non-hydrogen) atoms. The van der Waals surface area contributed by atoms with Gasteiger partial charge in [0.1, 0.15) is 17.3 Å². The first-order valence-corrected chi connectivity index (χ1v) is 12.4. The molecule has 3 aromatic carbocycles. The largest absolute Gasteiger partial charge is 0.504 e. The molecule has 4 rings (SSSR count). The number of carbonyl (C=O) groups excluding carboxylic acids is 1. The van der Waals surface area contributed by atoms with Crippen LogP contribution in [0.2, 0.25) is 0 Å². The molecular weight excluding hydrogens is 566 g/mol. The number of amides is 1. The summed E-state index contributed by atoms with van der Waals surface area (Å²) >= 11 is 0. The third-order valence-corrected chi connectivity index (χ3v) is 5.67. The molecule has 0 unspecified atom stereocenters. The van der Waals surface area contributed by atoms with Crippen LogP contribution < -0.4 is 19.9 Å². The van der Waals surface area contributed by atoms with E-state index in [1.54, 1.807) is 14.1 Å². The van der Waals surface area contributed by atoms with Crippen LogP contribution in [-0.4, -0.2) is 51.9 Å². The van der Waals surface area contributed by atoms with Crippen LogP contribution >= 0.6 is 0 Å². The molecule has 11 nitrogen and oxygen atoms in total. The fourth-order valence-electron chi connectivity index (χ4n) is 3.57. The molecule has 1 heterocycles. The first-order valence-electron chi connectivity index (χ1n) is 12.4. The summed E-state index contributed by atoms with van der Waals surface area (Å²) in [5.41, 5.74) is 6.34. The molecule has 0 radical (unpaired) electrons. The van der Waals surface area contributed by atoms with Gasteiger partial charge in [0.15, 0.2) is 11.5 Å². The summed E-state index contributed by atoms with van der Waals surface area (Å²) in [7, 11) is 3.10. The van der Waals surface area contributed by atoms with Gasteiger partial charge in [-0.15, -0.1) is 0 Å². The summed E-state index contributed by atoms with van der Waals surface area (Å²) < 4.78 is 47.9. The van der Waals surface area contributed by atoms with E-state index < -0.39 is 40.9 Å². The fraction of sp³-hybridized carbons (Fsp3) is 0.0667. The van der Waals surface area contributed by atoms with Gasteiger partial charge < -0.3 is 35.1 Å². The number of pyridine rings is 1. The third-order valence-electron chi connectivity index (χ3n) is 5.67. The molecule has 220 valence electrons. The molecule has 5 N–H and O–H groups in total. The highest BCUT2D eigenvalue weighted by atomic mass is 19.1. The van der Waals surface area contributed by atoms with Crippen molar-refractivity contribution in [2.75, 3.05) is 14.1 Å². The lowest BCUT2D eigenvalue weighted by Gasteiger charge is -2.16. The van der Waals surface area contributed by atoms with Crippen LogP contribution in [0.3, 0.4) is 0 Å². The van der Waals surface area contributed by atoms with Crippen LogP contribution in [0.1, 0.15) is 21.5 Å². The molecule has 0 aliphatic carbocycles. The summed E-state index contributed by atoms with van der Waals surface area (Å²) in [5, 5.41) is 26.7. The molecular formula is C30H24F2N4O7. The minimum atomic E-state index is -1.40. The monoisotopic (exact) mass is 590 g/mol. The van der Waals surface area contributed by atoms with Gasteiger partial charge in [-0.3, -0.25) is 10.2 Å². The predicted molar refractivity (Wildman–Crippen MR) is 151 cm³/mol. The second-order valence-electron chi connectivity index (χ2n) is 9.05. The van der Waals surface area contributed by atoms with Gasteiger partial charge in [0, 0.05) is 31.3 Å². The second kappa shape index (κ2) is 12.7. The lowest BCUT2D eigenvalue weighted by Crippen LogP contribution is -2.21. The average molecular weight is 591 g/mol. The number of nitrogens with one attached hydrogen (secondary N) is 1. The molecule has 1 amide bonds. The molecule has 0 aliphatic heterocycles. The minimum Gasteiger partial charge on any atom is -0.504 e. The molecule has 13 heteroatoms. The zero-order valence-corrected chi connectivity index (χ0v) is 22.7. The van der Waals surface area contributed by atoms with E-state index in [0.29, 0.717) is 5.56 Å². The standard InChI is InChI=1S/C30H24F2N4O7/c1-36(2)30(40)18-4-3-5-20(14-18)42-28-24(31)26(41-19-10-6-16(7-11-19)8-13-23(38)39)25(32)29(35-28)43-22-15-17(27(33)34)9-12-21(22)37/h3-15,37H,1-2H3,(H3,33,34)(H,38,39)/b13-8+. The maximum absolute atomic E-state index is 15.7. The smallest absolute Gasteiger partial charge is 0.328 e. The van der Waals surface area contributed by atoms with E-state index >= 15 is 8.78 Å². The summed E-state index contributed by atoms with van der Waals surface area (Å²) in [6.07, 6.45) is 2.23. The van der Waals surface area contributed by atoms with Gasteiger partial charge in [0.25, 0.3) is 17.7 Å². The third kappa shape index (κ3) is 7.21. The lowest BCUT2D eigenvalue weighted by molar-refractivity contribution is -0.131. The number of rotatable bonds is 10. The van der Waals surface area contributed by atoms with Gasteiger partial charge in [-0.25, -0.2) is 4.79 Å². The number of phenols is 1. The number of carbonyl (C=O) groups is 2. The number of phenolic OH excluding ortho intramolecular Hbond substituents is 1. The van der Waals surface area contributed by atoms with Crippen LogP contribution in [0.5, 0.6) is 40.5 Å². The van der Waals surface area contributed by atoms with Crippen molar-refractivity contribution < 1.29 is 42.8 Å². The Hall–Kier alpha value is -5.98. The van der Waals surface area contributed by atoms with E-state index in [9.17, 15) is 14.7 Å². The molecule has 1 aromatic heterocycles. The van der Waals surface area contributed by atoms with Crippen molar-refractivity contribution in [2.45, 2.75) is 0 Å². The highest BCUT2D eigenvalue weighted by Crippen LogP contribution is 2.41. The van der Waals surface area contributed by atoms with Crippen molar-refractivity contribution in [3.8, 4) is 40.5 Å². The molecule has 0 atom stereocenters. The van der Waals surface area contributed by atoms with E-state index in [1.165, 1.54) is 65.6 Å². The van der Waals surface area contributed by atoms with Crippen molar-refractivity contribution in [1.82, 2.24) is 9.88 Å². The van der Waals surface area contributed by atoms with Gasteiger partial charge in [0.2, 0.25) is 17.4 Å². The number of nitrogen functional groups attached to an aromatic ring is 1. The van der Waals surface area contributed by atoms with Gasteiger partial charge in [-0.05, 0) is 60.2 Å². The van der Waals surface area contributed by atoms with Gasteiger partial charge >= 0.3 is 5.97 Å².